The average Bonchev–Trinajstić information content (AvgIpc) is 2.37. The third-order valence-electron chi connectivity index (χ3n) is 2.49. The summed E-state index contributed by atoms with van der Waals surface area (Å²) in [6.07, 6.45) is 5.69. The number of unbranched alkanes of at least 4 members (excludes halogenated alkanes) is 3. The van der Waals surface area contributed by atoms with Gasteiger partial charge in [0.05, 0.1) is 13.2 Å². The van der Waals surface area contributed by atoms with Gasteiger partial charge in [-0.2, -0.15) is 0 Å². The molecule has 1 rings (SSSR count). The van der Waals surface area contributed by atoms with E-state index in [0.29, 0.717) is 6.61 Å². The monoisotopic (exact) mass is 235 g/mol. The molecule has 0 bridgehead atoms. The molecule has 0 atom stereocenters. The van der Waals surface area contributed by atoms with Gasteiger partial charge in [0.15, 0.2) is 0 Å². The topological polar surface area (TPSA) is 18.5 Å². The SMILES string of the molecule is [CH2]CCOc1cccc(OCCCCCC)c1. The summed E-state index contributed by atoms with van der Waals surface area (Å²) in [5, 5.41) is 0. The molecular weight excluding hydrogens is 212 g/mol. The van der Waals surface area contributed by atoms with Crippen LogP contribution in [0.25, 0.3) is 0 Å². The Labute approximate surface area is 105 Å². The molecular formula is C15H23O2. The molecule has 0 saturated carbocycles. The summed E-state index contributed by atoms with van der Waals surface area (Å²) in [6.45, 7) is 7.40. The van der Waals surface area contributed by atoms with Crippen molar-refractivity contribution in [2.75, 3.05) is 13.2 Å². The van der Waals surface area contributed by atoms with Gasteiger partial charge in [0, 0.05) is 6.07 Å². The van der Waals surface area contributed by atoms with Crippen molar-refractivity contribution in [3.63, 3.8) is 0 Å². The average molecular weight is 235 g/mol. The van der Waals surface area contributed by atoms with Gasteiger partial charge in [-0.3, -0.25) is 0 Å². The predicted molar refractivity (Wildman–Crippen MR) is 71.5 cm³/mol. The van der Waals surface area contributed by atoms with Crippen LogP contribution in [0.2, 0.25) is 0 Å². The fourth-order valence-electron chi connectivity index (χ4n) is 1.56. The first-order valence-electron chi connectivity index (χ1n) is 6.51. The summed E-state index contributed by atoms with van der Waals surface area (Å²) in [7, 11) is 0. The Morgan fingerprint density at radius 2 is 1.71 bits per heavy atom. The minimum Gasteiger partial charge on any atom is -0.493 e. The van der Waals surface area contributed by atoms with Crippen LogP contribution in [0.15, 0.2) is 24.3 Å². The minimum atomic E-state index is 0.653. The molecule has 0 amide bonds. The van der Waals surface area contributed by atoms with Crippen LogP contribution in [-0.4, -0.2) is 13.2 Å². The third-order valence-corrected chi connectivity index (χ3v) is 2.49. The van der Waals surface area contributed by atoms with E-state index in [2.05, 4.69) is 13.8 Å². The molecule has 0 heterocycles. The Balaban J connectivity index is 2.27. The van der Waals surface area contributed by atoms with E-state index >= 15 is 0 Å². The highest BCUT2D eigenvalue weighted by atomic mass is 16.5. The molecule has 95 valence electrons. The lowest BCUT2D eigenvalue weighted by Crippen LogP contribution is -1.99. The third kappa shape index (κ3) is 6.20. The van der Waals surface area contributed by atoms with Crippen LogP contribution < -0.4 is 9.47 Å². The fraction of sp³-hybridized carbons (Fsp3) is 0.533. The lowest BCUT2D eigenvalue weighted by atomic mass is 10.2. The van der Waals surface area contributed by atoms with Crippen molar-refractivity contribution < 1.29 is 9.47 Å². The van der Waals surface area contributed by atoms with E-state index in [0.717, 1.165) is 30.9 Å². The normalized spacial score (nSPS) is 10.2. The van der Waals surface area contributed by atoms with Crippen molar-refractivity contribution in [1.82, 2.24) is 0 Å². The van der Waals surface area contributed by atoms with E-state index in [1.165, 1.54) is 19.3 Å². The molecule has 0 unspecified atom stereocenters. The zero-order valence-corrected chi connectivity index (χ0v) is 10.8. The first-order valence-corrected chi connectivity index (χ1v) is 6.51. The van der Waals surface area contributed by atoms with E-state index in [4.69, 9.17) is 9.47 Å². The van der Waals surface area contributed by atoms with Crippen molar-refractivity contribution in [2.45, 2.75) is 39.0 Å². The van der Waals surface area contributed by atoms with E-state index in [1.807, 2.05) is 24.3 Å². The van der Waals surface area contributed by atoms with E-state index in [-0.39, 0.29) is 0 Å². The van der Waals surface area contributed by atoms with Crippen molar-refractivity contribution in [3.05, 3.63) is 31.2 Å². The van der Waals surface area contributed by atoms with Gasteiger partial charge in [-0.05, 0) is 31.9 Å². The first kappa shape index (κ1) is 13.9. The Hall–Kier alpha value is -1.18. The van der Waals surface area contributed by atoms with Crippen molar-refractivity contribution in [2.24, 2.45) is 0 Å². The highest BCUT2D eigenvalue weighted by Gasteiger charge is 1.97. The van der Waals surface area contributed by atoms with Crippen LogP contribution >= 0.6 is 0 Å². The maximum absolute atomic E-state index is 5.68. The van der Waals surface area contributed by atoms with Crippen LogP contribution in [-0.2, 0) is 0 Å². The van der Waals surface area contributed by atoms with Gasteiger partial charge in [0.25, 0.3) is 0 Å². The molecule has 0 aliphatic heterocycles. The smallest absolute Gasteiger partial charge is 0.122 e. The van der Waals surface area contributed by atoms with Gasteiger partial charge in [0.1, 0.15) is 11.5 Å². The highest BCUT2D eigenvalue weighted by Crippen LogP contribution is 2.19. The minimum absolute atomic E-state index is 0.653. The summed E-state index contributed by atoms with van der Waals surface area (Å²) in [5.41, 5.74) is 0. The Morgan fingerprint density at radius 1 is 1.00 bits per heavy atom. The summed E-state index contributed by atoms with van der Waals surface area (Å²) in [5.74, 6) is 1.75. The molecule has 0 aliphatic carbocycles. The molecule has 0 aromatic heterocycles. The second-order valence-corrected chi connectivity index (χ2v) is 4.09. The predicted octanol–water partition coefficient (Wildman–Crippen LogP) is 4.25. The largest absolute Gasteiger partial charge is 0.493 e. The highest BCUT2D eigenvalue weighted by molar-refractivity contribution is 5.32. The molecule has 2 heteroatoms. The lowest BCUT2D eigenvalue weighted by molar-refractivity contribution is 0.296. The lowest BCUT2D eigenvalue weighted by Gasteiger charge is -2.08. The van der Waals surface area contributed by atoms with Gasteiger partial charge in [-0.25, -0.2) is 0 Å². The molecule has 0 fully saturated rings. The van der Waals surface area contributed by atoms with E-state index in [1.54, 1.807) is 0 Å². The van der Waals surface area contributed by atoms with Crippen molar-refractivity contribution >= 4 is 0 Å². The quantitative estimate of drug-likeness (QED) is 0.596. The van der Waals surface area contributed by atoms with Crippen LogP contribution in [0.3, 0.4) is 0 Å². The fourth-order valence-corrected chi connectivity index (χ4v) is 1.56. The van der Waals surface area contributed by atoms with Gasteiger partial charge >= 0.3 is 0 Å². The second-order valence-electron chi connectivity index (χ2n) is 4.09. The number of rotatable bonds is 9. The second kappa shape index (κ2) is 8.91. The zero-order chi connectivity index (χ0) is 12.3. The summed E-state index contributed by atoms with van der Waals surface area (Å²) in [4.78, 5) is 0. The Bertz CT molecular complexity index is 297. The van der Waals surface area contributed by atoms with Crippen LogP contribution in [0.4, 0.5) is 0 Å². The number of hydrogen-bond acceptors (Lipinski definition) is 2. The van der Waals surface area contributed by atoms with E-state index < -0.39 is 0 Å². The first-order chi connectivity index (χ1) is 8.36. The molecule has 1 aromatic rings. The molecule has 0 N–H and O–H groups in total. The maximum atomic E-state index is 5.68. The van der Waals surface area contributed by atoms with Gasteiger partial charge in [0.2, 0.25) is 0 Å². The van der Waals surface area contributed by atoms with Crippen molar-refractivity contribution in [1.29, 1.82) is 0 Å². The van der Waals surface area contributed by atoms with Crippen LogP contribution in [0.1, 0.15) is 39.0 Å². The zero-order valence-electron chi connectivity index (χ0n) is 10.8. The summed E-state index contributed by atoms with van der Waals surface area (Å²) < 4.78 is 11.2. The molecule has 1 radical (unpaired) electrons. The standard InChI is InChI=1S/C15H23O2/c1-3-5-6-7-12-17-15-10-8-9-14(13-15)16-11-4-2/h8-10,13H,2-7,11-12H2,1H3. The molecule has 17 heavy (non-hydrogen) atoms. The Morgan fingerprint density at radius 3 is 2.35 bits per heavy atom. The molecule has 0 saturated heterocycles. The summed E-state index contributed by atoms with van der Waals surface area (Å²) >= 11 is 0. The molecule has 0 spiro atoms. The van der Waals surface area contributed by atoms with Gasteiger partial charge < -0.3 is 9.47 Å². The van der Waals surface area contributed by atoms with Crippen molar-refractivity contribution in [3.8, 4) is 11.5 Å². The van der Waals surface area contributed by atoms with Gasteiger partial charge in [-0.15, -0.1) is 0 Å². The Kier molecular flexibility index (Phi) is 7.28. The summed E-state index contributed by atoms with van der Waals surface area (Å²) in [6, 6.07) is 7.81. The molecule has 2 nitrogen and oxygen atoms in total. The van der Waals surface area contributed by atoms with E-state index in [9.17, 15) is 0 Å². The molecule has 0 aliphatic rings. The maximum Gasteiger partial charge on any atom is 0.122 e. The van der Waals surface area contributed by atoms with Crippen LogP contribution in [0.5, 0.6) is 11.5 Å². The number of ether oxygens (including phenoxy) is 2. The number of hydrogen-bond donors (Lipinski definition) is 0. The molecule has 1 aromatic carbocycles. The van der Waals surface area contributed by atoms with Gasteiger partial charge in [-0.1, -0.05) is 32.3 Å². The number of benzene rings is 1. The van der Waals surface area contributed by atoms with Crippen LogP contribution in [0, 0.1) is 6.92 Å².